The van der Waals surface area contributed by atoms with Gasteiger partial charge >= 0.3 is 12.0 Å². The lowest BCUT2D eigenvalue weighted by Gasteiger charge is -2.25. The van der Waals surface area contributed by atoms with Crippen LogP contribution in [-0.4, -0.2) is 12.0 Å². The molecule has 0 saturated carbocycles. The summed E-state index contributed by atoms with van der Waals surface area (Å²) in [7, 11) is 0. The van der Waals surface area contributed by atoms with Gasteiger partial charge in [-0.15, -0.1) is 66.5 Å². The topological polar surface area (TPSA) is 0 Å². The minimum atomic E-state index is -2.65. The van der Waals surface area contributed by atoms with E-state index in [0.29, 0.717) is 0 Å². The maximum atomic E-state index is 6.21. The molecule has 0 saturated heterocycles. The van der Waals surface area contributed by atoms with E-state index in [9.17, 15) is 0 Å². The largest absolute Gasteiger partial charge is 0.344 e. The Hall–Kier alpha value is 1.91. The fraction of sp³-hybridized carbons (Fsp3) is 0.833. The van der Waals surface area contributed by atoms with Crippen LogP contribution >= 0.6 is 66.5 Å². The van der Waals surface area contributed by atoms with Crippen LogP contribution in [-0.2, 0) is 0 Å². The molecule has 0 aromatic rings. The second kappa shape index (κ2) is 9.27. The molecule has 2 unspecified atom stereocenters. The van der Waals surface area contributed by atoms with E-state index in [0.717, 1.165) is 51.4 Å². The standard InChI is InChI=1S/C12H20Cl6Si2/c13-19(14,15)11-7-4-2-1-3-5-8-12(10-6-9-11)20(16,17)18/h1-2,11-12H,3-10H2/b2-1+. The maximum absolute atomic E-state index is 6.21. The monoisotopic (exact) mass is 430 g/mol. The van der Waals surface area contributed by atoms with Crippen molar-refractivity contribution in [3.63, 3.8) is 0 Å². The average Bonchev–Trinajstić information content (AvgIpc) is 2.26. The molecule has 0 aliphatic heterocycles. The van der Waals surface area contributed by atoms with Crippen LogP contribution in [0.2, 0.25) is 11.1 Å². The van der Waals surface area contributed by atoms with E-state index in [-0.39, 0.29) is 11.1 Å². The lowest BCUT2D eigenvalue weighted by atomic mass is 10.0. The first-order valence-electron chi connectivity index (χ1n) is 6.99. The number of allylic oxidation sites excluding steroid dienone is 2. The summed E-state index contributed by atoms with van der Waals surface area (Å²) in [6, 6.07) is -5.29. The molecule has 1 aliphatic carbocycles. The summed E-state index contributed by atoms with van der Waals surface area (Å²) in [5.41, 5.74) is 0.423. The van der Waals surface area contributed by atoms with Gasteiger partial charge in [0.05, 0.1) is 0 Å². The Labute approximate surface area is 152 Å². The average molecular weight is 433 g/mol. The molecule has 0 aromatic heterocycles. The van der Waals surface area contributed by atoms with Gasteiger partial charge in [-0.3, -0.25) is 0 Å². The Morgan fingerprint density at radius 1 is 0.600 bits per heavy atom. The fourth-order valence-corrected chi connectivity index (χ4v) is 8.59. The molecule has 2 atom stereocenters. The lowest BCUT2D eigenvalue weighted by molar-refractivity contribution is 0.560. The summed E-state index contributed by atoms with van der Waals surface area (Å²) in [4.78, 5) is 0. The van der Waals surface area contributed by atoms with Crippen molar-refractivity contribution in [1.29, 1.82) is 0 Å². The molecule has 0 spiro atoms. The Morgan fingerprint density at radius 3 is 1.60 bits per heavy atom. The third kappa shape index (κ3) is 7.96. The van der Waals surface area contributed by atoms with Gasteiger partial charge in [0.1, 0.15) is 0 Å². The molecule has 0 radical (unpaired) electrons. The summed E-state index contributed by atoms with van der Waals surface area (Å²) < 4.78 is 0. The third-order valence-electron chi connectivity index (χ3n) is 3.80. The van der Waals surface area contributed by atoms with Crippen LogP contribution < -0.4 is 0 Å². The van der Waals surface area contributed by atoms with Crippen LogP contribution in [0.1, 0.15) is 51.4 Å². The minimum Gasteiger partial charge on any atom is -0.126 e. The van der Waals surface area contributed by atoms with Gasteiger partial charge in [-0.2, -0.15) is 0 Å². The molecular formula is C12H20Cl6Si2. The van der Waals surface area contributed by atoms with Crippen molar-refractivity contribution >= 4 is 78.5 Å². The van der Waals surface area contributed by atoms with E-state index in [1.54, 1.807) is 0 Å². The molecule has 0 fully saturated rings. The van der Waals surface area contributed by atoms with E-state index in [2.05, 4.69) is 12.2 Å². The zero-order chi connectivity index (χ0) is 15.2. The van der Waals surface area contributed by atoms with E-state index >= 15 is 0 Å². The molecule has 0 heterocycles. The number of hydrogen-bond donors (Lipinski definition) is 0. The Kier molecular flexibility index (Phi) is 9.25. The van der Waals surface area contributed by atoms with E-state index < -0.39 is 12.0 Å². The Morgan fingerprint density at radius 2 is 1.05 bits per heavy atom. The summed E-state index contributed by atoms with van der Waals surface area (Å²) in [6.45, 7) is 0. The highest BCUT2D eigenvalue weighted by atomic mass is 35.8. The first-order chi connectivity index (χ1) is 9.21. The molecule has 0 N–H and O–H groups in total. The van der Waals surface area contributed by atoms with Gasteiger partial charge < -0.3 is 0 Å². The quantitative estimate of drug-likeness (QED) is 0.238. The molecule has 0 nitrogen and oxygen atoms in total. The van der Waals surface area contributed by atoms with E-state index in [4.69, 9.17) is 66.5 Å². The molecule has 20 heavy (non-hydrogen) atoms. The third-order valence-corrected chi connectivity index (χ3v) is 12.4. The smallest absolute Gasteiger partial charge is 0.126 e. The molecule has 1 rings (SSSR count). The molecular weight excluding hydrogens is 413 g/mol. The normalized spacial score (nSPS) is 29.3. The van der Waals surface area contributed by atoms with Crippen LogP contribution in [0.4, 0.5) is 0 Å². The van der Waals surface area contributed by atoms with Crippen LogP contribution in [0.5, 0.6) is 0 Å². The summed E-state index contributed by atoms with van der Waals surface area (Å²) >= 11 is 37.3. The summed E-state index contributed by atoms with van der Waals surface area (Å²) in [6.07, 6.45) is 12.3. The van der Waals surface area contributed by atoms with Crippen molar-refractivity contribution < 1.29 is 0 Å². The van der Waals surface area contributed by atoms with Crippen molar-refractivity contribution in [3.8, 4) is 0 Å². The lowest BCUT2D eigenvalue weighted by Crippen LogP contribution is -2.22. The second-order valence-corrected chi connectivity index (χ2v) is 23.4. The van der Waals surface area contributed by atoms with Crippen LogP contribution in [0.25, 0.3) is 0 Å². The minimum absolute atomic E-state index is 0.203. The number of rotatable bonds is 2. The molecule has 8 heteroatoms. The highest BCUT2D eigenvalue weighted by molar-refractivity contribution is 7.65. The molecule has 0 bridgehead atoms. The SMILES string of the molecule is Cl[Si](Cl)(Cl)C1CC/C=C/CCCC([Si](Cl)(Cl)Cl)CCC1. The van der Waals surface area contributed by atoms with Gasteiger partial charge in [0.2, 0.25) is 0 Å². The van der Waals surface area contributed by atoms with Gasteiger partial charge in [-0.25, -0.2) is 0 Å². The summed E-state index contributed by atoms with van der Waals surface area (Å²) in [5.74, 6) is 0. The van der Waals surface area contributed by atoms with Crippen molar-refractivity contribution in [2.24, 2.45) is 0 Å². The zero-order valence-corrected chi connectivity index (χ0v) is 17.8. The van der Waals surface area contributed by atoms with Gasteiger partial charge in [0, 0.05) is 0 Å². The van der Waals surface area contributed by atoms with Gasteiger partial charge in [-0.05, 0) is 56.0 Å². The molecule has 0 aromatic carbocycles. The Bertz CT molecular complexity index is 310. The first kappa shape index (κ1) is 20.0. The Balaban J connectivity index is 2.68. The van der Waals surface area contributed by atoms with E-state index in [1.807, 2.05) is 0 Å². The summed E-state index contributed by atoms with van der Waals surface area (Å²) in [5, 5.41) is 0. The molecule has 118 valence electrons. The first-order valence-corrected chi connectivity index (χ1v) is 17.2. The molecule has 0 amide bonds. The van der Waals surface area contributed by atoms with Crippen molar-refractivity contribution in [2.75, 3.05) is 0 Å². The van der Waals surface area contributed by atoms with Gasteiger partial charge in [0.25, 0.3) is 0 Å². The number of halogens is 6. The predicted octanol–water partition coefficient (Wildman–Crippen LogP) is 7.73. The highest BCUT2D eigenvalue weighted by Crippen LogP contribution is 2.45. The van der Waals surface area contributed by atoms with Crippen LogP contribution in [0.15, 0.2) is 12.2 Å². The van der Waals surface area contributed by atoms with Gasteiger partial charge in [-0.1, -0.05) is 18.6 Å². The highest BCUT2D eigenvalue weighted by Gasteiger charge is 2.38. The maximum Gasteiger partial charge on any atom is 0.344 e. The molecule has 1 aliphatic rings. The number of hydrogen-bond acceptors (Lipinski definition) is 0. The van der Waals surface area contributed by atoms with E-state index in [1.165, 1.54) is 0 Å². The second-order valence-electron chi connectivity index (χ2n) is 5.39. The van der Waals surface area contributed by atoms with Crippen molar-refractivity contribution in [2.45, 2.75) is 62.4 Å². The zero-order valence-electron chi connectivity index (χ0n) is 11.2. The van der Waals surface area contributed by atoms with Crippen molar-refractivity contribution in [1.82, 2.24) is 0 Å². The van der Waals surface area contributed by atoms with Crippen molar-refractivity contribution in [3.05, 3.63) is 12.2 Å². The van der Waals surface area contributed by atoms with Crippen LogP contribution in [0.3, 0.4) is 0 Å². The predicted molar refractivity (Wildman–Crippen MR) is 100 cm³/mol. The van der Waals surface area contributed by atoms with Crippen LogP contribution in [0, 0.1) is 0 Å². The fourth-order valence-electron chi connectivity index (χ4n) is 2.57. The van der Waals surface area contributed by atoms with Gasteiger partial charge in [0.15, 0.2) is 0 Å².